The van der Waals surface area contributed by atoms with Crippen LogP contribution in [-0.2, 0) is 30.2 Å². The van der Waals surface area contributed by atoms with E-state index in [1.165, 1.54) is 18.2 Å². The van der Waals surface area contributed by atoms with Gasteiger partial charge in [0.15, 0.2) is 11.5 Å². The van der Waals surface area contributed by atoms with Gasteiger partial charge >= 0.3 is 24.4 Å². The molecule has 1 rings (SSSR count). The molecule has 0 aromatic heterocycles. The van der Waals surface area contributed by atoms with Gasteiger partial charge < -0.3 is 33.5 Å². The average Bonchev–Trinajstić information content (AvgIpc) is 2.85. The molecule has 1 aromatic rings. The van der Waals surface area contributed by atoms with Crippen molar-refractivity contribution in [1.29, 1.82) is 0 Å². The summed E-state index contributed by atoms with van der Waals surface area (Å²) in [6.07, 6.45) is -0.235. The Hall–Kier alpha value is -3.54. The van der Waals surface area contributed by atoms with Gasteiger partial charge in [0.1, 0.15) is 0 Å². The van der Waals surface area contributed by atoms with Gasteiger partial charge in [-0.1, -0.05) is 39.7 Å². The Kier molecular flexibility index (Phi) is 13.8. The minimum absolute atomic E-state index is 0.123. The maximum absolute atomic E-state index is 12.3. The first kappa shape index (κ1) is 31.5. The van der Waals surface area contributed by atoms with Crippen LogP contribution in [-0.4, -0.2) is 61.6 Å². The third kappa shape index (κ3) is 10.9. The van der Waals surface area contributed by atoms with E-state index in [9.17, 15) is 24.3 Å². The summed E-state index contributed by atoms with van der Waals surface area (Å²) in [5, 5.41) is 12.8. The van der Waals surface area contributed by atoms with Crippen molar-refractivity contribution in [1.82, 2.24) is 5.32 Å². The van der Waals surface area contributed by atoms with E-state index in [0.29, 0.717) is 19.3 Å². The summed E-state index contributed by atoms with van der Waals surface area (Å²) >= 11 is 0. The molecular weight excluding hydrogens is 490 g/mol. The zero-order chi connectivity index (χ0) is 27.8. The number of hydrogen-bond donors (Lipinski definition) is 2. The molecule has 12 heteroatoms. The number of nitrogens with one attached hydrogen (secondary N) is 1. The van der Waals surface area contributed by atoms with Crippen LogP contribution in [0.25, 0.3) is 0 Å². The summed E-state index contributed by atoms with van der Waals surface area (Å²) in [6, 6.07) is 3.66. The highest BCUT2D eigenvalue weighted by atomic mass is 16.8. The van der Waals surface area contributed by atoms with E-state index in [4.69, 9.17) is 23.7 Å². The number of carboxylic acids is 1. The molecule has 37 heavy (non-hydrogen) atoms. The molecule has 0 radical (unpaired) electrons. The first-order valence-corrected chi connectivity index (χ1v) is 12.2. The van der Waals surface area contributed by atoms with Crippen LogP contribution in [0.5, 0.6) is 11.5 Å². The zero-order valence-corrected chi connectivity index (χ0v) is 22.0. The summed E-state index contributed by atoms with van der Waals surface area (Å²) in [4.78, 5) is 48.5. The summed E-state index contributed by atoms with van der Waals surface area (Å²) in [5.41, 5.74) is -1.94. The Balaban J connectivity index is 3.33. The molecule has 208 valence electrons. The van der Waals surface area contributed by atoms with Crippen molar-refractivity contribution in [2.75, 3.05) is 20.3 Å². The molecule has 0 saturated carbocycles. The minimum Gasteiger partial charge on any atom is -0.477 e. The van der Waals surface area contributed by atoms with Crippen molar-refractivity contribution in [2.45, 2.75) is 78.0 Å². The number of ether oxygens (including phenoxy) is 6. The Bertz CT molecular complexity index is 905. The van der Waals surface area contributed by atoms with Crippen LogP contribution in [0.3, 0.4) is 0 Å². The van der Waals surface area contributed by atoms with E-state index in [-0.39, 0.29) is 42.7 Å². The van der Waals surface area contributed by atoms with Gasteiger partial charge in [0.2, 0.25) is 0 Å². The van der Waals surface area contributed by atoms with Crippen molar-refractivity contribution in [2.24, 2.45) is 0 Å². The summed E-state index contributed by atoms with van der Waals surface area (Å²) in [6.45, 7) is 7.67. The largest absolute Gasteiger partial charge is 0.513 e. The fourth-order valence-electron chi connectivity index (χ4n) is 2.93. The summed E-state index contributed by atoms with van der Waals surface area (Å²) in [7, 11) is 1.06. The van der Waals surface area contributed by atoms with Crippen LogP contribution < -0.4 is 14.8 Å². The van der Waals surface area contributed by atoms with E-state index >= 15 is 0 Å². The van der Waals surface area contributed by atoms with Crippen molar-refractivity contribution in [3.8, 4) is 11.5 Å². The Morgan fingerprint density at radius 2 is 1.49 bits per heavy atom. The topological polar surface area (TPSA) is 156 Å². The Morgan fingerprint density at radius 3 is 1.97 bits per heavy atom. The molecule has 0 fully saturated rings. The molecule has 0 aliphatic heterocycles. The molecule has 0 amide bonds. The molecular formula is C25H37NO11. The third-order valence-electron chi connectivity index (χ3n) is 5.15. The van der Waals surface area contributed by atoms with Crippen molar-refractivity contribution in [3.63, 3.8) is 0 Å². The van der Waals surface area contributed by atoms with E-state index in [0.717, 1.165) is 20.0 Å². The molecule has 2 atom stereocenters. The second-order valence-corrected chi connectivity index (χ2v) is 8.21. The molecule has 0 aliphatic carbocycles. The fraction of sp³-hybridized carbons (Fsp3) is 0.600. The van der Waals surface area contributed by atoms with E-state index in [2.05, 4.69) is 10.1 Å². The van der Waals surface area contributed by atoms with Crippen LogP contribution in [0.15, 0.2) is 18.2 Å². The lowest BCUT2D eigenvalue weighted by Gasteiger charge is -2.32. The molecule has 2 N–H and O–H groups in total. The normalized spacial score (nSPS) is 13.0. The van der Waals surface area contributed by atoms with Crippen LogP contribution in [0.4, 0.5) is 14.4 Å². The summed E-state index contributed by atoms with van der Waals surface area (Å²) in [5.74, 6) is -1.84. The molecule has 12 nitrogen and oxygen atoms in total. The lowest BCUT2D eigenvalue weighted by Crippen LogP contribution is -2.59. The number of methoxy groups -OCH3 is 1. The lowest BCUT2D eigenvalue weighted by molar-refractivity contribution is -0.166. The highest BCUT2D eigenvalue weighted by Gasteiger charge is 2.44. The van der Waals surface area contributed by atoms with Gasteiger partial charge in [-0.05, 0) is 43.9 Å². The van der Waals surface area contributed by atoms with Gasteiger partial charge in [-0.15, -0.1) is 0 Å². The predicted molar refractivity (Wildman–Crippen MR) is 131 cm³/mol. The van der Waals surface area contributed by atoms with Gasteiger partial charge in [0.25, 0.3) is 5.72 Å². The zero-order valence-electron chi connectivity index (χ0n) is 22.0. The maximum Gasteiger partial charge on any atom is 0.513 e. The Labute approximate surface area is 216 Å². The summed E-state index contributed by atoms with van der Waals surface area (Å²) < 4.78 is 30.1. The van der Waals surface area contributed by atoms with Crippen LogP contribution in [0, 0.1) is 0 Å². The van der Waals surface area contributed by atoms with Gasteiger partial charge in [0.05, 0.1) is 20.3 Å². The van der Waals surface area contributed by atoms with E-state index in [1.54, 1.807) is 6.92 Å². The molecule has 0 bridgehead atoms. The molecule has 0 saturated heterocycles. The lowest BCUT2D eigenvalue weighted by atomic mass is 10.00. The monoisotopic (exact) mass is 527 g/mol. The molecule has 0 heterocycles. The number of aliphatic carboxylic acids is 1. The average molecular weight is 528 g/mol. The second kappa shape index (κ2) is 16.3. The SMILES string of the molecule is CCCCOC(=O)Oc1ccc(C[C@](NC(C)CC)(OC(=O)OC)C(=O)O)cc1OC(=O)OCCCC. The van der Waals surface area contributed by atoms with Crippen LogP contribution in [0.2, 0.25) is 0 Å². The van der Waals surface area contributed by atoms with Crippen molar-refractivity contribution in [3.05, 3.63) is 23.8 Å². The number of hydrogen-bond acceptors (Lipinski definition) is 11. The second-order valence-electron chi connectivity index (χ2n) is 8.21. The number of rotatable bonds is 15. The van der Waals surface area contributed by atoms with Crippen molar-refractivity contribution < 1.29 is 52.7 Å². The van der Waals surface area contributed by atoms with Gasteiger partial charge in [-0.25, -0.2) is 19.2 Å². The van der Waals surface area contributed by atoms with Gasteiger partial charge in [-0.2, -0.15) is 0 Å². The Morgan fingerprint density at radius 1 is 0.919 bits per heavy atom. The third-order valence-corrected chi connectivity index (χ3v) is 5.15. The number of carbonyl (C=O) groups excluding carboxylic acids is 3. The quantitative estimate of drug-likeness (QED) is 0.106. The molecule has 0 aliphatic rings. The fourth-order valence-corrected chi connectivity index (χ4v) is 2.93. The van der Waals surface area contributed by atoms with Gasteiger partial charge in [-0.3, -0.25) is 5.32 Å². The number of benzene rings is 1. The highest BCUT2D eigenvalue weighted by molar-refractivity contribution is 5.80. The standard InChI is InChI=1S/C25H37NO11/c1-6-9-13-33-23(30)35-19-12-11-18(15-20(19)36-24(31)34-14-10-7-2)16-25(21(27)28,26-17(4)8-3)37-22(29)32-5/h11-12,15,17,26H,6-10,13-14,16H2,1-5H3,(H,27,28)/t17?,25-/m0/s1. The van der Waals surface area contributed by atoms with Crippen LogP contribution in [0.1, 0.15) is 65.4 Å². The highest BCUT2D eigenvalue weighted by Crippen LogP contribution is 2.31. The van der Waals surface area contributed by atoms with Crippen molar-refractivity contribution >= 4 is 24.4 Å². The number of carbonyl (C=O) groups is 4. The van der Waals surface area contributed by atoms with E-state index in [1.807, 2.05) is 20.8 Å². The smallest absolute Gasteiger partial charge is 0.477 e. The maximum atomic E-state index is 12.3. The van der Waals surface area contributed by atoms with Crippen LogP contribution >= 0.6 is 0 Å². The first-order chi connectivity index (χ1) is 17.6. The molecule has 1 aromatic carbocycles. The molecule has 0 spiro atoms. The first-order valence-electron chi connectivity index (χ1n) is 12.2. The predicted octanol–water partition coefficient (Wildman–Crippen LogP) is 4.81. The molecule has 1 unspecified atom stereocenters. The van der Waals surface area contributed by atoms with E-state index < -0.39 is 30.2 Å². The minimum atomic E-state index is -2.21. The number of carboxylic acid groups (broad SMARTS) is 1. The number of unbranched alkanes of at least 4 members (excludes halogenated alkanes) is 2. The van der Waals surface area contributed by atoms with Gasteiger partial charge in [0, 0.05) is 12.5 Å².